The maximum atomic E-state index is 14.1. The van der Waals surface area contributed by atoms with Crippen LogP contribution in [0.2, 0.25) is 0 Å². The van der Waals surface area contributed by atoms with Crippen molar-refractivity contribution in [2.24, 2.45) is 0 Å². The third-order valence-corrected chi connectivity index (χ3v) is 7.53. The number of benzene rings is 3. The van der Waals surface area contributed by atoms with E-state index in [2.05, 4.69) is 10.6 Å². The minimum absolute atomic E-state index is 0.0556. The van der Waals surface area contributed by atoms with Crippen LogP contribution in [0.3, 0.4) is 0 Å². The van der Waals surface area contributed by atoms with Crippen molar-refractivity contribution in [3.05, 3.63) is 102 Å². The first-order chi connectivity index (χ1) is 21.6. The molecule has 0 saturated heterocycles. The van der Waals surface area contributed by atoms with Crippen LogP contribution in [-0.4, -0.2) is 51.1 Å². The molecular weight excluding hydrogens is 573 g/mol. The second-order valence-corrected chi connectivity index (χ2v) is 11.5. The van der Waals surface area contributed by atoms with Gasteiger partial charge in [-0.3, -0.25) is 9.59 Å². The fourth-order valence-electron chi connectivity index (χ4n) is 5.56. The Bertz CT molecular complexity index is 1590. The molecule has 1 heterocycles. The maximum Gasteiger partial charge on any atom is 0.258 e. The molecule has 236 valence electrons. The predicted octanol–water partition coefficient (Wildman–Crippen LogP) is 5.93. The van der Waals surface area contributed by atoms with Crippen molar-refractivity contribution >= 4 is 23.8 Å². The topological polar surface area (TPSA) is 121 Å². The summed E-state index contributed by atoms with van der Waals surface area (Å²) in [5.74, 6) is -1.29. The van der Waals surface area contributed by atoms with Gasteiger partial charge >= 0.3 is 0 Å². The molecule has 0 aliphatic rings. The van der Waals surface area contributed by atoms with E-state index in [4.69, 9.17) is 0 Å². The molecule has 4 rings (SSSR count). The third kappa shape index (κ3) is 8.53. The lowest BCUT2D eigenvalue weighted by molar-refractivity contribution is -0.125. The highest BCUT2D eigenvalue weighted by molar-refractivity contribution is 6.12. The third-order valence-electron chi connectivity index (χ3n) is 7.53. The van der Waals surface area contributed by atoms with Crippen LogP contribution in [0.15, 0.2) is 84.9 Å². The van der Waals surface area contributed by atoms with Gasteiger partial charge < -0.3 is 30.2 Å². The van der Waals surface area contributed by atoms with Crippen molar-refractivity contribution in [1.29, 1.82) is 0 Å². The number of halogens is 1. The molecule has 2 amide bonds. The first-order valence-electron chi connectivity index (χ1n) is 15.1. The predicted molar refractivity (Wildman–Crippen MR) is 173 cm³/mol. The SMILES string of the molecule is CC(C=O)NC(=O)C[C@H](O)C[C@H](O)CCn1c(-c2ccc(F)cc2)c(-c2ccccc2)c(C(=O)Nc2ccccc2)c1C(C)C. The summed E-state index contributed by atoms with van der Waals surface area (Å²) in [6, 6.07) is 24.2. The Hall–Kier alpha value is -4.60. The quantitative estimate of drug-likeness (QED) is 0.131. The van der Waals surface area contributed by atoms with Gasteiger partial charge in [-0.2, -0.15) is 0 Å². The molecule has 1 unspecified atom stereocenters. The molecule has 0 aliphatic heterocycles. The van der Waals surface area contributed by atoms with Gasteiger partial charge in [-0.25, -0.2) is 4.39 Å². The van der Waals surface area contributed by atoms with Gasteiger partial charge in [0.1, 0.15) is 12.1 Å². The Kier molecular flexibility index (Phi) is 11.4. The first-order valence-corrected chi connectivity index (χ1v) is 15.1. The molecule has 0 radical (unpaired) electrons. The number of hydrogen-bond acceptors (Lipinski definition) is 5. The van der Waals surface area contributed by atoms with E-state index in [0.29, 0.717) is 34.4 Å². The number of aldehydes is 1. The molecule has 0 spiro atoms. The zero-order chi connectivity index (χ0) is 32.5. The van der Waals surface area contributed by atoms with Crippen LogP contribution >= 0.6 is 0 Å². The van der Waals surface area contributed by atoms with Gasteiger partial charge in [0.05, 0.1) is 35.9 Å². The second-order valence-electron chi connectivity index (χ2n) is 11.5. The summed E-state index contributed by atoms with van der Waals surface area (Å²) in [5.41, 5.74) is 4.77. The molecule has 4 aromatic rings. The number of aromatic nitrogens is 1. The van der Waals surface area contributed by atoms with Crippen LogP contribution in [0, 0.1) is 5.82 Å². The normalized spacial score (nSPS) is 13.2. The van der Waals surface area contributed by atoms with Crippen molar-refractivity contribution in [3.8, 4) is 22.4 Å². The van der Waals surface area contributed by atoms with Gasteiger partial charge in [0.15, 0.2) is 0 Å². The van der Waals surface area contributed by atoms with E-state index in [9.17, 15) is 29.0 Å². The largest absolute Gasteiger partial charge is 0.393 e. The Morgan fingerprint density at radius 1 is 0.867 bits per heavy atom. The standard InChI is InChI=1S/C36H40FN3O5/c1-23(2)34-33(36(45)39-28-12-8-5-9-13-28)32(25-10-6-4-7-11-25)35(26-14-16-27(37)17-15-26)40(34)19-18-29(42)20-30(43)21-31(44)38-24(3)22-41/h4-17,22-24,29-30,42-43H,18-21H2,1-3H3,(H,38,44)(H,39,45)/t24?,29-,30-/m1/s1. The molecular formula is C36H40FN3O5. The summed E-state index contributed by atoms with van der Waals surface area (Å²) in [5, 5.41) is 26.9. The van der Waals surface area contributed by atoms with E-state index in [1.807, 2.05) is 79.1 Å². The van der Waals surface area contributed by atoms with Gasteiger partial charge in [-0.05, 0) is 73.2 Å². The van der Waals surface area contributed by atoms with Crippen molar-refractivity contribution in [2.75, 3.05) is 5.32 Å². The lowest BCUT2D eigenvalue weighted by Gasteiger charge is -2.20. The molecule has 9 heteroatoms. The second kappa shape index (κ2) is 15.4. The lowest BCUT2D eigenvalue weighted by atomic mass is 9.94. The van der Waals surface area contributed by atoms with Gasteiger partial charge in [-0.15, -0.1) is 0 Å². The minimum Gasteiger partial charge on any atom is -0.393 e. The monoisotopic (exact) mass is 613 g/mol. The highest BCUT2D eigenvalue weighted by atomic mass is 19.1. The Labute approximate surface area is 262 Å². The van der Waals surface area contributed by atoms with Crippen LogP contribution in [0.25, 0.3) is 22.4 Å². The highest BCUT2D eigenvalue weighted by Crippen LogP contribution is 2.42. The van der Waals surface area contributed by atoms with E-state index in [1.54, 1.807) is 12.1 Å². The Morgan fingerprint density at radius 2 is 1.49 bits per heavy atom. The summed E-state index contributed by atoms with van der Waals surface area (Å²) in [4.78, 5) is 37.1. The number of aliphatic hydroxyl groups is 2. The van der Waals surface area contributed by atoms with Gasteiger partial charge in [0.2, 0.25) is 5.91 Å². The summed E-state index contributed by atoms with van der Waals surface area (Å²) in [6.45, 7) is 5.80. The van der Waals surface area contributed by atoms with Crippen molar-refractivity contribution in [1.82, 2.24) is 9.88 Å². The van der Waals surface area contributed by atoms with Crippen LogP contribution < -0.4 is 10.6 Å². The van der Waals surface area contributed by atoms with Crippen molar-refractivity contribution in [3.63, 3.8) is 0 Å². The highest BCUT2D eigenvalue weighted by Gasteiger charge is 2.31. The molecule has 0 aliphatic carbocycles. The zero-order valence-corrected chi connectivity index (χ0v) is 25.7. The fraction of sp³-hybridized carbons (Fsp3) is 0.306. The van der Waals surface area contributed by atoms with Crippen LogP contribution in [-0.2, 0) is 16.1 Å². The van der Waals surface area contributed by atoms with E-state index in [-0.39, 0.29) is 43.4 Å². The average molecular weight is 614 g/mol. The first kappa shape index (κ1) is 33.3. The summed E-state index contributed by atoms with van der Waals surface area (Å²) in [7, 11) is 0. The van der Waals surface area contributed by atoms with Crippen LogP contribution in [0.5, 0.6) is 0 Å². The number of amides is 2. The smallest absolute Gasteiger partial charge is 0.258 e. The summed E-state index contributed by atoms with van der Waals surface area (Å²) in [6.07, 6.45) is -1.59. The number of carbonyl (C=O) groups is 3. The average Bonchev–Trinajstić information content (AvgIpc) is 3.36. The number of carbonyl (C=O) groups excluding carboxylic acids is 3. The molecule has 0 fully saturated rings. The number of nitrogens with one attached hydrogen (secondary N) is 2. The van der Waals surface area contributed by atoms with Gasteiger partial charge in [0, 0.05) is 23.5 Å². The zero-order valence-electron chi connectivity index (χ0n) is 25.7. The number of aliphatic hydroxyl groups excluding tert-OH is 2. The van der Waals surface area contributed by atoms with E-state index >= 15 is 0 Å². The molecule has 4 N–H and O–H groups in total. The molecule has 3 atom stereocenters. The summed E-state index contributed by atoms with van der Waals surface area (Å²) < 4.78 is 16.1. The Morgan fingerprint density at radius 3 is 2.09 bits per heavy atom. The van der Waals surface area contributed by atoms with E-state index < -0.39 is 24.2 Å². The molecule has 8 nitrogen and oxygen atoms in total. The van der Waals surface area contributed by atoms with Crippen molar-refractivity contribution in [2.45, 2.75) is 70.7 Å². The number of hydrogen-bond donors (Lipinski definition) is 4. The molecule has 0 bridgehead atoms. The number of anilines is 1. The van der Waals surface area contributed by atoms with Gasteiger partial charge in [0.25, 0.3) is 5.91 Å². The lowest BCUT2D eigenvalue weighted by Crippen LogP contribution is -2.36. The van der Waals surface area contributed by atoms with E-state index in [0.717, 1.165) is 11.3 Å². The molecule has 0 saturated carbocycles. The van der Waals surface area contributed by atoms with Gasteiger partial charge in [-0.1, -0.05) is 62.4 Å². The summed E-state index contributed by atoms with van der Waals surface area (Å²) >= 11 is 0. The molecule has 1 aromatic heterocycles. The maximum absolute atomic E-state index is 14.1. The number of rotatable bonds is 14. The number of para-hydroxylation sites is 1. The number of nitrogens with zero attached hydrogens (tertiary/aromatic N) is 1. The molecule has 45 heavy (non-hydrogen) atoms. The van der Waals surface area contributed by atoms with E-state index in [1.165, 1.54) is 19.1 Å². The Balaban J connectivity index is 1.77. The van der Waals surface area contributed by atoms with Crippen molar-refractivity contribution < 1.29 is 29.0 Å². The van der Waals surface area contributed by atoms with Crippen LogP contribution in [0.4, 0.5) is 10.1 Å². The minimum atomic E-state index is -1.11. The molecule has 3 aromatic carbocycles. The fourth-order valence-corrected chi connectivity index (χ4v) is 5.56. The van der Waals surface area contributed by atoms with Crippen LogP contribution in [0.1, 0.15) is 62.0 Å².